The molecule has 5 heteroatoms. The number of aryl methyl sites for hydroxylation is 1. The number of aliphatic carboxylic acids is 1. The number of aromatic nitrogens is 1. The maximum absolute atomic E-state index is 11.5. The molecule has 0 amide bonds. The van der Waals surface area contributed by atoms with E-state index in [1.54, 1.807) is 23.5 Å². The number of carboxylic acid groups (broad SMARTS) is 1. The third kappa shape index (κ3) is 4.80. The smallest absolute Gasteiger partial charge is 0.345 e. The Morgan fingerprint density at radius 1 is 1.19 bits per heavy atom. The van der Waals surface area contributed by atoms with E-state index in [-0.39, 0.29) is 6.42 Å². The van der Waals surface area contributed by atoms with Gasteiger partial charge in [0.05, 0.1) is 10.7 Å². The molecule has 1 atom stereocenters. The van der Waals surface area contributed by atoms with Crippen LogP contribution in [0.15, 0.2) is 66.1 Å². The standard InChI is InChI=1S/C21H19NO3S/c1-15-22-19(14-26-15)17-10-12-18(13-11-17)25-20(21(23)24)9-5-8-16-6-3-2-4-7-16/h2-8,10-14,20H,9H2,1H3,(H,23,24). The number of nitrogens with zero attached hydrogens (tertiary/aromatic N) is 1. The van der Waals surface area contributed by atoms with Gasteiger partial charge in [-0.3, -0.25) is 0 Å². The lowest BCUT2D eigenvalue weighted by Gasteiger charge is -2.13. The van der Waals surface area contributed by atoms with Gasteiger partial charge < -0.3 is 9.84 Å². The van der Waals surface area contributed by atoms with Crippen LogP contribution in [0.5, 0.6) is 5.75 Å². The summed E-state index contributed by atoms with van der Waals surface area (Å²) >= 11 is 1.60. The normalized spacial score (nSPS) is 12.2. The zero-order valence-electron chi connectivity index (χ0n) is 14.3. The van der Waals surface area contributed by atoms with Gasteiger partial charge >= 0.3 is 5.97 Å². The highest BCUT2D eigenvalue weighted by Crippen LogP contribution is 2.24. The molecule has 1 unspecified atom stereocenters. The SMILES string of the molecule is Cc1nc(-c2ccc(OC(CC=Cc3ccccc3)C(=O)O)cc2)cs1. The third-order valence-electron chi connectivity index (χ3n) is 3.78. The fourth-order valence-corrected chi connectivity index (χ4v) is 3.08. The zero-order chi connectivity index (χ0) is 18.4. The molecule has 0 aliphatic carbocycles. The highest BCUT2D eigenvalue weighted by Gasteiger charge is 2.17. The molecule has 132 valence electrons. The molecule has 0 bridgehead atoms. The summed E-state index contributed by atoms with van der Waals surface area (Å²) < 4.78 is 5.64. The minimum absolute atomic E-state index is 0.289. The van der Waals surface area contributed by atoms with Crippen LogP contribution in [0, 0.1) is 6.92 Å². The van der Waals surface area contributed by atoms with Crippen molar-refractivity contribution in [3.8, 4) is 17.0 Å². The maximum Gasteiger partial charge on any atom is 0.345 e. The summed E-state index contributed by atoms with van der Waals surface area (Å²) in [6.07, 6.45) is 3.08. The second-order valence-corrected chi connectivity index (χ2v) is 6.83. The first-order valence-electron chi connectivity index (χ1n) is 8.25. The second kappa shape index (κ2) is 8.45. The molecular weight excluding hydrogens is 346 g/mol. The molecule has 0 radical (unpaired) electrons. The first-order chi connectivity index (χ1) is 12.6. The minimum atomic E-state index is -0.984. The molecule has 2 aromatic carbocycles. The van der Waals surface area contributed by atoms with Crippen molar-refractivity contribution in [1.29, 1.82) is 0 Å². The first kappa shape index (κ1) is 17.9. The monoisotopic (exact) mass is 365 g/mol. The molecule has 4 nitrogen and oxygen atoms in total. The van der Waals surface area contributed by atoms with Gasteiger partial charge in [-0.15, -0.1) is 11.3 Å². The molecule has 0 saturated heterocycles. The summed E-state index contributed by atoms with van der Waals surface area (Å²) in [4.78, 5) is 15.9. The molecule has 26 heavy (non-hydrogen) atoms. The predicted octanol–water partition coefficient (Wildman–Crippen LogP) is 5.05. The van der Waals surface area contributed by atoms with Crippen molar-refractivity contribution < 1.29 is 14.6 Å². The predicted molar refractivity (Wildman–Crippen MR) is 104 cm³/mol. The lowest BCUT2D eigenvalue weighted by atomic mass is 10.1. The van der Waals surface area contributed by atoms with Gasteiger partial charge in [-0.2, -0.15) is 0 Å². The van der Waals surface area contributed by atoms with Gasteiger partial charge in [-0.25, -0.2) is 9.78 Å². The average molecular weight is 365 g/mol. The van der Waals surface area contributed by atoms with E-state index in [1.165, 1.54) is 0 Å². The minimum Gasteiger partial charge on any atom is -0.478 e. The van der Waals surface area contributed by atoms with E-state index in [4.69, 9.17) is 4.74 Å². The molecule has 0 spiro atoms. The molecule has 1 aromatic heterocycles. The summed E-state index contributed by atoms with van der Waals surface area (Å²) in [6.45, 7) is 1.96. The topological polar surface area (TPSA) is 59.4 Å². The van der Waals surface area contributed by atoms with Crippen LogP contribution in [0.25, 0.3) is 17.3 Å². The molecule has 1 heterocycles. The summed E-state index contributed by atoms with van der Waals surface area (Å²) in [5.41, 5.74) is 2.93. The van der Waals surface area contributed by atoms with E-state index in [2.05, 4.69) is 4.98 Å². The van der Waals surface area contributed by atoms with Crippen molar-refractivity contribution in [3.63, 3.8) is 0 Å². The van der Waals surface area contributed by atoms with Crippen molar-refractivity contribution in [2.45, 2.75) is 19.4 Å². The van der Waals surface area contributed by atoms with Gasteiger partial charge in [-0.05, 0) is 36.8 Å². The van der Waals surface area contributed by atoms with E-state index in [0.29, 0.717) is 5.75 Å². The van der Waals surface area contributed by atoms with Gasteiger partial charge in [-0.1, -0.05) is 42.5 Å². The Morgan fingerprint density at radius 3 is 2.54 bits per heavy atom. The Kier molecular flexibility index (Phi) is 5.81. The summed E-state index contributed by atoms with van der Waals surface area (Å²) in [5.74, 6) is -0.455. The number of ether oxygens (including phenoxy) is 1. The third-order valence-corrected chi connectivity index (χ3v) is 4.56. The second-order valence-electron chi connectivity index (χ2n) is 5.77. The van der Waals surface area contributed by atoms with Crippen LogP contribution in [0.4, 0.5) is 0 Å². The summed E-state index contributed by atoms with van der Waals surface area (Å²) in [5, 5.41) is 12.4. The van der Waals surface area contributed by atoms with E-state index >= 15 is 0 Å². The first-order valence-corrected chi connectivity index (χ1v) is 9.13. The highest BCUT2D eigenvalue weighted by molar-refractivity contribution is 7.09. The Labute approximate surface area is 156 Å². The lowest BCUT2D eigenvalue weighted by molar-refractivity contribution is -0.144. The van der Waals surface area contributed by atoms with Gasteiger partial charge in [0.25, 0.3) is 0 Å². The van der Waals surface area contributed by atoms with Gasteiger partial charge in [0.2, 0.25) is 0 Å². The van der Waals surface area contributed by atoms with Crippen LogP contribution in [0.2, 0.25) is 0 Å². The molecule has 0 aliphatic rings. The number of carbonyl (C=O) groups is 1. The van der Waals surface area contributed by atoms with Crippen molar-refractivity contribution in [1.82, 2.24) is 4.98 Å². The van der Waals surface area contributed by atoms with Crippen LogP contribution in [-0.4, -0.2) is 22.2 Å². The number of rotatable bonds is 7. The van der Waals surface area contributed by atoms with Crippen LogP contribution in [0.3, 0.4) is 0 Å². The summed E-state index contributed by atoms with van der Waals surface area (Å²) in [6, 6.07) is 17.1. The molecule has 0 fully saturated rings. The van der Waals surface area contributed by atoms with Crippen molar-refractivity contribution in [2.75, 3.05) is 0 Å². The number of hydrogen-bond donors (Lipinski definition) is 1. The van der Waals surface area contributed by atoms with Crippen LogP contribution < -0.4 is 4.74 Å². The van der Waals surface area contributed by atoms with Gasteiger partial charge in [0.15, 0.2) is 6.10 Å². The Hall–Kier alpha value is -2.92. The largest absolute Gasteiger partial charge is 0.478 e. The zero-order valence-corrected chi connectivity index (χ0v) is 15.1. The average Bonchev–Trinajstić information content (AvgIpc) is 3.08. The van der Waals surface area contributed by atoms with E-state index < -0.39 is 12.1 Å². The number of benzene rings is 2. The van der Waals surface area contributed by atoms with E-state index in [0.717, 1.165) is 21.8 Å². The number of carboxylic acids is 1. The van der Waals surface area contributed by atoms with Crippen LogP contribution >= 0.6 is 11.3 Å². The summed E-state index contributed by atoms with van der Waals surface area (Å²) in [7, 11) is 0. The van der Waals surface area contributed by atoms with Crippen LogP contribution in [0.1, 0.15) is 17.0 Å². The Bertz CT molecular complexity index is 885. The van der Waals surface area contributed by atoms with Gasteiger partial charge in [0.1, 0.15) is 5.75 Å². The molecule has 1 N–H and O–H groups in total. The molecule has 0 aliphatic heterocycles. The maximum atomic E-state index is 11.5. The molecule has 3 aromatic rings. The van der Waals surface area contributed by atoms with Crippen molar-refractivity contribution in [3.05, 3.63) is 76.6 Å². The Balaban J connectivity index is 1.64. The Morgan fingerprint density at radius 2 is 1.92 bits per heavy atom. The van der Waals surface area contributed by atoms with Crippen molar-refractivity contribution >= 4 is 23.4 Å². The van der Waals surface area contributed by atoms with Crippen molar-refractivity contribution in [2.24, 2.45) is 0 Å². The number of hydrogen-bond acceptors (Lipinski definition) is 4. The van der Waals surface area contributed by atoms with E-state index in [9.17, 15) is 9.90 Å². The fourth-order valence-electron chi connectivity index (χ4n) is 2.46. The van der Waals surface area contributed by atoms with E-state index in [1.807, 2.05) is 66.9 Å². The fraction of sp³-hybridized carbons (Fsp3) is 0.143. The quantitative estimate of drug-likeness (QED) is 0.636. The molecule has 3 rings (SSSR count). The molecule has 0 saturated carbocycles. The van der Waals surface area contributed by atoms with Crippen LogP contribution in [-0.2, 0) is 4.79 Å². The highest BCUT2D eigenvalue weighted by atomic mass is 32.1. The molecular formula is C21H19NO3S. The van der Waals surface area contributed by atoms with Gasteiger partial charge in [0, 0.05) is 17.4 Å². The lowest BCUT2D eigenvalue weighted by Crippen LogP contribution is -2.26. The number of thiazole rings is 1.